The van der Waals surface area contributed by atoms with Gasteiger partial charge in [0.25, 0.3) is 0 Å². The van der Waals surface area contributed by atoms with E-state index in [2.05, 4.69) is 248 Å². The zero-order valence-electron chi connectivity index (χ0n) is 34.5. The van der Waals surface area contributed by atoms with Crippen molar-refractivity contribution in [2.24, 2.45) is 0 Å². The van der Waals surface area contributed by atoms with Crippen molar-refractivity contribution in [2.45, 2.75) is 5.41 Å². The Labute approximate surface area is 367 Å². The van der Waals surface area contributed by atoms with E-state index in [9.17, 15) is 0 Å². The second kappa shape index (κ2) is 15.1. The van der Waals surface area contributed by atoms with Crippen molar-refractivity contribution in [1.82, 2.24) is 0 Å². The predicted octanol–water partition coefficient (Wildman–Crippen LogP) is 16.4. The summed E-state index contributed by atoms with van der Waals surface area (Å²) in [5.41, 5.74) is 18.7. The Hall–Kier alpha value is -8.20. The van der Waals surface area contributed by atoms with Crippen LogP contribution in [0, 0.1) is 0 Å². The smallest absolute Gasteiger partial charge is 0.159 e. The van der Waals surface area contributed by atoms with Crippen LogP contribution < -0.4 is 4.90 Å². The molecular formula is C61H41NO. The van der Waals surface area contributed by atoms with Crippen LogP contribution in [0.2, 0.25) is 0 Å². The van der Waals surface area contributed by atoms with Gasteiger partial charge in [-0.15, -0.1) is 0 Å². The lowest BCUT2D eigenvalue weighted by molar-refractivity contribution is 0.669. The van der Waals surface area contributed by atoms with Crippen molar-refractivity contribution in [1.29, 1.82) is 0 Å². The first-order valence-electron chi connectivity index (χ1n) is 21.7. The molecule has 1 aliphatic carbocycles. The Balaban J connectivity index is 1.13. The van der Waals surface area contributed by atoms with E-state index in [0.29, 0.717) is 0 Å². The van der Waals surface area contributed by atoms with Gasteiger partial charge in [0, 0.05) is 22.0 Å². The highest BCUT2D eigenvalue weighted by Gasteiger charge is 2.46. The minimum atomic E-state index is -0.613. The predicted molar refractivity (Wildman–Crippen MR) is 262 cm³/mol. The molecule has 63 heavy (non-hydrogen) atoms. The molecule has 0 saturated carbocycles. The summed E-state index contributed by atoms with van der Waals surface area (Å²) in [5.74, 6) is 0. The van der Waals surface area contributed by atoms with Crippen molar-refractivity contribution in [3.8, 4) is 44.5 Å². The van der Waals surface area contributed by atoms with E-state index in [0.717, 1.165) is 50.1 Å². The molecule has 0 radical (unpaired) electrons. The van der Waals surface area contributed by atoms with Gasteiger partial charge in [-0.2, -0.15) is 0 Å². The lowest BCUT2D eigenvalue weighted by Gasteiger charge is -2.35. The SMILES string of the molecule is c1ccc(-c2ccc(-c3ccccc3N(c3ccc4c(c3)C(c3ccccc3)(c3ccccc3)c3cc(-c5ccccc5)ccc3-4)c3cccc4c3oc3ccccc34)cc2)cc1. The molecule has 2 heteroatoms. The van der Waals surface area contributed by atoms with E-state index in [1.54, 1.807) is 0 Å². The maximum absolute atomic E-state index is 6.85. The average Bonchev–Trinajstić information content (AvgIpc) is 3.89. The number of benzene rings is 10. The molecule has 1 heterocycles. The van der Waals surface area contributed by atoms with Gasteiger partial charge in [-0.25, -0.2) is 0 Å². The molecule has 12 rings (SSSR count). The molecular weight excluding hydrogens is 763 g/mol. The molecule has 0 amide bonds. The van der Waals surface area contributed by atoms with Crippen LogP contribution in [0.25, 0.3) is 66.4 Å². The fraction of sp³-hybridized carbons (Fsp3) is 0.0164. The van der Waals surface area contributed by atoms with Crippen molar-refractivity contribution in [2.75, 3.05) is 4.90 Å². The van der Waals surface area contributed by atoms with Crippen LogP contribution in [0.4, 0.5) is 17.1 Å². The molecule has 0 unspecified atom stereocenters. The molecule has 0 fully saturated rings. The first-order chi connectivity index (χ1) is 31.3. The molecule has 296 valence electrons. The van der Waals surface area contributed by atoms with Gasteiger partial charge >= 0.3 is 0 Å². The van der Waals surface area contributed by atoms with Crippen LogP contribution in [0.1, 0.15) is 22.3 Å². The first-order valence-corrected chi connectivity index (χ1v) is 21.7. The van der Waals surface area contributed by atoms with Gasteiger partial charge in [-0.05, 0) is 97.6 Å². The summed E-state index contributed by atoms with van der Waals surface area (Å²) in [6.45, 7) is 0. The lowest BCUT2D eigenvalue weighted by Crippen LogP contribution is -2.28. The summed E-state index contributed by atoms with van der Waals surface area (Å²) >= 11 is 0. The van der Waals surface area contributed by atoms with Crippen LogP contribution in [0.5, 0.6) is 0 Å². The summed E-state index contributed by atoms with van der Waals surface area (Å²) in [6, 6.07) is 90.3. The van der Waals surface area contributed by atoms with E-state index in [1.165, 1.54) is 55.6 Å². The Morgan fingerprint density at radius 2 is 0.810 bits per heavy atom. The third kappa shape index (κ3) is 5.95. The van der Waals surface area contributed by atoms with Crippen LogP contribution in [-0.2, 0) is 5.41 Å². The second-order valence-electron chi connectivity index (χ2n) is 16.4. The number of furan rings is 1. The monoisotopic (exact) mass is 803 g/mol. The molecule has 0 bridgehead atoms. The molecule has 10 aromatic carbocycles. The summed E-state index contributed by atoms with van der Waals surface area (Å²) in [5, 5.41) is 2.19. The van der Waals surface area contributed by atoms with Crippen LogP contribution in [-0.4, -0.2) is 0 Å². The van der Waals surface area contributed by atoms with Crippen molar-refractivity contribution in [3.63, 3.8) is 0 Å². The van der Waals surface area contributed by atoms with Gasteiger partial charge in [0.1, 0.15) is 5.58 Å². The molecule has 0 atom stereocenters. The molecule has 0 saturated heterocycles. The topological polar surface area (TPSA) is 16.4 Å². The van der Waals surface area contributed by atoms with E-state index >= 15 is 0 Å². The van der Waals surface area contributed by atoms with Gasteiger partial charge in [0.05, 0.1) is 16.8 Å². The molecule has 1 aliphatic rings. The molecule has 0 N–H and O–H groups in total. The fourth-order valence-corrected chi connectivity index (χ4v) is 10.1. The first kappa shape index (κ1) is 36.6. The Morgan fingerprint density at radius 3 is 1.51 bits per heavy atom. The Bertz CT molecular complexity index is 3390. The van der Waals surface area contributed by atoms with Crippen LogP contribution in [0.15, 0.2) is 253 Å². The van der Waals surface area contributed by atoms with Gasteiger partial charge in [-0.1, -0.05) is 212 Å². The minimum absolute atomic E-state index is 0.613. The number of anilines is 3. The Morgan fingerprint density at radius 1 is 0.317 bits per heavy atom. The standard InChI is InChI=1S/C61H41NO/c1-5-18-42(19-6-1)44-32-34-45(35-33-44)50-26-13-15-29-57(50)62(58-30-17-28-54-53-27-14-16-31-59(53)63-60(54)58)49-37-39-52-51-38-36-46(43-20-7-2-8-21-43)40-55(51)61(56(52)41-49,47-22-9-3-10-23-47)48-24-11-4-12-25-48/h1-41H. The third-order valence-corrected chi connectivity index (χ3v) is 13.0. The largest absolute Gasteiger partial charge is 0.454 e. The van der Waals surface area contributed by atoms with Gasteiger partial charge < -0.3 is 9.32 Å². The van der Waals surface area contributed by atoms with Gasteiger partial charge in [0.2, 0.25) is 0 Å². The molecule has 11 aromatic rings. The summed E-state index contributed by atoms with van der Waals surface area (Å²) in [4.78, 5) is 2.42. The molecule has 1 aromatic heterocycles. The number of para-hydroxylation sites is 3. The molecule has 0 spiro atoms. The maximum atomic E-state index is 6.85. The van der Waals surface area contributed by atoms with Crippen molar-refractivity contribution in [3.05, 3.63) is 271 Å². The summed E-state index contributed by atoms with van der Waals surface area (Å²) < 4.78 is 6.85. The third-order valence-electron chi connectivity index (χ3n) is 13.0. The van der Waals surface area contributed by atoms with Gasteiger partial charge in [-0.3, -0.25) is 0 Å². The Kier molecular flexibility index (Phi) is 8.76. The maximum Gasteiger partial charge on any atom is 0.159 e. The summed E-state index contributed by atoms with van der Waals surface area (Å²) in [7, 11) is 0. The fourth-order valence-electron chi connectivity index (χ4n) is 10.1. The highest BCUT2D eigenvalue weighted by Crippen LogP contribution is 2.58. The quantitative estimate of drug-likeness (QED) is 0.152. The number of hydrogen-bond acceptors (Lipinski definition) is 2. The molecule has 2 nitrogen and oxygen atoms in total. The summed E-state index contributed by atoms with van der Waals surface area (Å²) in [6.07, 6.45) is 0. The van der Waals surface area contributed by atoms with Crippen LogP contribution >= 0.6 is 0 Å². The van der Waals surface area contributed by atoms with E-state index in [4.69, 9.17) is 4.42 Å². The number of hydrogen-bond donors (Lipinski definition) is 0. The zero-order chi connectivity index (χ0) is 41.7. The number of rotatable bonds is 8. The van der Waals surface area contributed by atoms with Crippen molar-refractivity contribution >= 4 is 39.0 Å². The van der Waals surface area contributed by atoms with Crippen molar-refractivity contribution < 1.29 is 4.42 Å². The molecule has 0 aliphatic heterocycles. The lowest BCUT2D eigenvalue weighted by atomic mass is 9.67. The van der Waals surface area contributed by atoms with E-state index in [1.807, 2.05) is 6.07 Å². The van der Waals surface area contributed by atoms with Gasteiger partial charge in [0.15, 0.2) is 5.58 Å². The van der Waals surface area contributed by atoms with E-state index in [-0.39, 0.29) is 0 Å². The average molecular weight is 804 g/mol. The minimum Gasteiger partial charge on any atom is -0.454 e. The highest BCUT2D eigenvalue weighted by molar-refractivity contribution is 6.11. The van der Waals surface area contributed by atoms with Crippen LogP contribution in [0.3, 0.4) is 0 Å². The normalized spacial score (nSPS) is 12.6. The number of fused-ring (bicyclic) bond motifs is 6. The highest BCUT2D eigenvalue weighted by atomic mass is 16.3. The van der Waals surface area contributed by atoms with E-state index < -0.39 is 5.41 Å². The second-order valence-corrected chi connectivity index (χ2v) is 16.4. The zero-order valence-corrected chi connectivity index (χ0v) is 34.5. The number of nitrogens with zero attached hydrogens (tertiary/aromatic N) is 1.